The summed E-state index contributed by atoms with van der Waals surface area (Å²) in [5.41, 5.74) is 4.00. The van der Waals surface area contributed by atoms with E-state index < -0.39 is 6.10 Å². The highest BCUT2D eigenvalue weighted by atomic mass is 16.3. The number of hydrogen-bond donors (Lipinski definition) is 1. The molecule has 0 aliphatic carbocycles. The van der Waals surface area contributed by atoms with Crippen LogP contribution in [-0.2, 0) is 13.0 Å². The van der Waals surface area contributed by atoms with Crippen molar-refractivity contribution in [3.05, 3.63) is 47.0 Å². The van der Waals surface area contributed by atoms with Crippen LogP contribution in [0.25, 0.3) is 0 Å². The van der Waals surface area contributed by atoms with Crippen LogP contribution in [-0.4, -0.2) is 19.9 Å². The molecule has 0 saturated carbocycles. The molecule has 1 N–H and O–H groups in total. The molecule has 2 rings (SSSR count). The molecule has 4 nitrogen and oxygen atoms in total. The molecular formula is C14H19N3O. The fourth-order valence-electron chi connectivity index (χ4n) is 2.17. The van der Waals surface area contributed by atoms with E-state index in [1.165, 1.54) is 0 Å². The molecule has 0 aliphatic heterocycles. The molecule has 18 heavy (non-hydrogen) atoms. The van der Waals surface area contributed by atoms with Gasteiger partial charge in [-0.25, -0.2) is 0 Å². The van der Waals surface area contributed by atoms with E-state index in [0.717, 1.165) is 29.1 Å². The van der Waals surface area contributed by atoms with Crippen LogP contribution in [0.4, 0.5) is 0 Å². The number of aliphatic hydroxyl groups excluding tert-OH is 1. The number of rotatable bonds is 4. The Morgan fingerprint density at radius 2 is 2.17 bits per heavy atom. The summed E-state index contributed by atoms with van der Waals surface area (Å²) in [4.78, 5) is 4.07. The number of aromatic nitrogens is 3. The first kappa shape index (κ1) is 12.8. The Balaban J connectivity index is 2.21. The van der Waals surface area contributed by atoms with E-state index in [1.807, 2.05) is 30.7 Å². The summed E-state index contributed by atoms with van der Waals surface area (Å²) in [6, 6.07) is 3.94. The molecule has 2 aromatic rings. The molecule has 0 spiro atoms. The van der Waals surface area contributed by atoms with Gasteiger partial charge in [0, 0.05) is 36.6 Å². The fraction of sp³-hybridized carbons (Fsp3) is 0.429. The van der Waals surface area contributed by atoms with E-state index in [0.29, 0.717) is 6.42 Å². The van der Waals surface area contributed by atoms with Crippen molar-refractivity contribution in [2.75, 3.05) is 0 Å². The third-order valence-corrected chi connectivity index (χ3v) is 3.13. The Morgan fingerprint density at radius 3 is 2.83 bits per heavy atom. The minimum atomic E-state index is -0.528. The third kappa shape index (κ3) is 2.59. The maximum atomic E-state index is 10.3. The van der Waals surface area contributed by atoms with Gasteiger partial charge >= 0.3 is 0 Å². The lowest BCUT2D eigenvalue weighted by molar-refractivity contribution is 0.174. The smallest absolute Gasteiger partial charge is 0.0862 e. The van der Waals surface area contributed by atoms with Gasteiger partial charge in [0.05, 0.1) is 11.8 Å². The first-order valence-electron chi connectivity index (χ1n) is 6.23. The molecule has 1 atom stereocenters. The lowest BCUT2D eigenvalue weighted by atomic mass is 10.0. The first-order valence-corrected chi connectivity index (χ1v) is 6.23. The number of pyridine rings is 1. The normalized spacial score (nSPS) is 12.7. The number of aryl methyl sites for hydroxylation is 3. The van der Waals surface area contributed by atoms with Crippen LogP contribution in [0.15, 0.2) is 24.5 Å². The lowest BCUT2D eigenvalue weighted by Crippen LogP contribution is -2.09. The van der Waals surface area contributed by atoms with E-state index in [-0.39, 0.29) is 0 Å². The van der Waals surface area contributed by atoms with E-state index in [2.05, 4.69) is 17.0 Å². The molecular weight excluding hydrogens is 226 g/mol. The van der Waals surface area contributed by atoms with E-state index in [1.54, 1.807) is 12.4 Å². The summed E-state index contributed by atoms with van der Waals surface area (Å²) in [6.45, 7) is 6.83. The average molecular weight is 245 g/mol. The Hall–Kier alpha value is -1.68. The minimum Gasteiger partial charge on any atom is -0.388 e. The zero-order chi connectivity index (χ0) is 13.1. The topological polar surface area (TPSA) is 50.9 Å². The molecule has 4 heteroatoms. The Bertz CT molecular complexity index is 534. The van der Waals surface area contributed by atoms with Crippen LogP contribution in [0, 0.1) is 13.8 Å². The van der Waals surface area contributed by atoms with Crippen molar-refractivity contribution in [3.8, 4) is 0 Å². The van der Waals surface area contributed by atoms with Gasteiger partial charge in [0.2, 0.25) is 0 Å². The van der Waals surface area contributed by atoms with Crippen LogP contribution in [0.1, 0.15) is 35.5 Å². The van der Waals surface area contributed by atoms with Gasteiger partial charge in [-0.15, -0.1) is 0 Å². The standard InChI is InChI=1S/C14H19N3O/c1-4-17-12(7-11(3)16-17)8-14(18)13-9-15-6-5-10(13)2/h5-7,9,14,18H,4,8H2,1-3H3. The second-order valence-corrected chi connectivity index (χ2v) is 4.55. The molecule has 2 aromatic heterocycles. The monoisotopic (exact) mass is 245 g/mol. The second kappa shape index (κ2) is 5.31. The van der Waals surface area contributed by atoms with Crippen molar-refractivity contribution in [2.45, 2.75) is 39.8 Å². The zero-order valence-electron chi connectivity index (χ0n) is 11.1. The molecule has 1 unspecified atom stereocenters. The molecule has 0 aliphatic rings. The van der Waals surface area contributed by atoms with Crippen molar-refractivity contribution in [1.29, 1.82) is 0 Å². The SMILES string of the molecule is CCn1nc(C)cc1CC(O)c1cnccc1C. The summed E-state index contributed by atoms with van der Waals surface area (Å²) < 4.78 is 1.93. The van der Waals surface area contributed by atoms with Crippen LogP contribution >= 0.6 is 0 Å². The quantitative estimate of drug-likeness (QED) is 0.898. The highest BCUT2D eigenvalue weighted by Crippen LogP contribution is 2.21. The molecule has 0 bridgehead atoms. The number of aliphatic hydroxyl groups is 1. The Kier molecular flexibility index (Phi) is 3.77. The van der Waals surface area contributed by atoms with Gasteiger partial charge in [-0.1, -0.05) is 0 Å². The van der Waals surface area contributed by atoms with Gasteiger partial charge in [0.15, 0.2) is 0 Å². The van der Waals surface area contributed by atoms with E-state index in [4.69, 9.17) is 0 Å². The molecule has 96 valence electrons. The minimum absolute atomic E-state index is 0.528. The molecule has 0 saturated heterocycles. The van der Waals surface area contributed by atoms with Crippen LogP contribution in [0.5, 0.6) is 0 Å². The average Bonchev–Trinajstić information content (AvgIpc) is 2.70. The maximum Gasteiger partial charge on any atom is 0.0862 e. The molecule has 0 radical (unpaired) electrons. The third-order valence-electron chi connectivity index (χ3n) is 3.13. The van der Waals surface area contributed by atoms with Crippen molar-refractivity contribution in [2.24, 2.45) is 0 Å². The summed E-state index contributed by atoms with van der Waals surface area (Å²) in [5, 5.41) is 14.7. The first-order chi connectivity index (χ1) is 8.61. The van der Waals surface area contributed by atoms with Crippen molar-refractivity contribution < 1.29 is 5.11 Å². The van der Waals surface area contributed by atoms with E-state index in [9.17, 15) is 5.11 Å². The summed E-state index contributed by atoms with van der Waals surface area (Å²) in [7, 11) is 0. The Morgan fingerprint density at radius 1 is 1.39 bits per heavy atom. The van der Waals surface area contributed by atoms with E-state index >= 15 is 0 Å². The molecule has 0 aromatic carbocycles. The largest absolute Gasteiger partial charge is 0.388 e. The summed E-state index contributed by atoms with van der Waals surface area (Å²) in [6.07, 6.45) is 3.52. The maximum absolute atomic E-state index is 10.3. The highest BCUT2D eigenvalue weighted by molar-refractivity contribution is 5.25. The van der Waals surface area contributed by atoms with Crippen molar-refractivity contribution in [3.63, 3.8) is 0 Å². The fourth-order valence-corrected chi connectivity index (χ4v) is 2.17. The van der Waals surface area contributed by atoms with Crippen LogP contribution < -0.4 is 0 Å². The van der Waals surface area contributed by atoms with Gasteiger partial charge in [0.25, 0.3) is 0 Å². The second-order valence-electron chi connectivity index (χ2n) is 4.55. The molecule has 2 heterocycles. The van der Waals surface area contributed by atoms with Crippen molar-refractivity contribution >= 4 is 0 Å². The number of hydrogen-bond acceptors (Lipinski definition) is 3. The predicted molar refractivity (Wildman–Crippen MR) is 70.3 cm³/mol. The Labute approximate surface area is 107 Å². The predicted octanol–water partition coefficient (Wildman–Crippen LogP) is 2.19. The van der Waals surface area contributed by atoms with Crippen LogP contribution in [0.2, 0.25) is 0 Å². The van der Waals surface area contributed by atoms with Gasteiger partial charge in [0.1, 0.15) is 0 Å². The van der Waals surface area contributed by atoms with Gasteiger partial charge in [-0.05, 0) is 38.5 Å². The van der Waals surface area contributed by atoms with Gasteiger partial charge in [-0.2, -0.15) is 5.10 Å². The lowest BCUT2D eigenvalue weighted by Gasteiger charge is -2.13. The van der Waals surface area contributed by atoms with Crippen molar-refractivity contribution in [1.82, 2.24) is 14.8 Å². The zero-order valence-corrected chi connectivity index (χ0v) is 11.1. The molecule has 0 fully saturated rings. The highest BCUT2D eigenvalue weighted by Gasteiger charge is 2.14. The summed E-state index contributed by atoms with van der Waals surface area (Å²) >= 11 is 0. The van der Waals surface area contributed by atoms with Gasteiger partial charge < -0.3 is 5.11 Å². The molecule has 0 amide bonds. The number of nitrogens with zero attached hydrogens (tertiary/aromatic N) is 3. The summed E-state index contributed by atoms with van der Waals surface area (Å²) in [5.74, 6) is 0. The van der Waals surface area contributed by atoms with Crippen LogP contribution in [0.3, 0.4) is 0 Å². The van der Waals surface area contributed by atoms with Gasteiger partial charge in [-0.3, -0.25) is 9.67 Å².